The number of amides is 3. The maximum absolute atomic E-state index is 13.0. The molecular weight excluding hydrogens is 698 g/mol. The van der Waals surface area contributed by atoms with E-state index in [9.17, 15) is 39.0 Å². The number of nitrogens with zero attached hydrogens (tertiary/aromatic N) is 4. The minimum Gasteiger partial charge on any atom is -0.480 e. The van der Waals surface area contributed by atoms with E-state index >= 15 is 0 Å². The summed E-state index contributed by atoms with van der Waals surface area (Å²) in [7, 11) is 1.00. The number of aliphatic carboxylic acids is 2. The zero-order valence-electron chi connectivity index (χ0n) is 32.6. The van der Waals surface area contributed by atoms with Gasteiger partial charge in [0.05, 0.1) is 26.2 Å². The van der Waals surface area contributed by atoms with E-state index in [0.29, 0.717) is 76.8 Å². The standard InChI is InChI=1S/C37H61N7O8.CH4O/c1-30(2)8-5-7-14-38-33(46)9-4-3-6-15-39-37(52)32-12-10-31(11-13-32)26-40-34(47)27-42-18-16-41(24-25-45)17-19-43(28-35(48)49)22-23-44(21-20-42)29-36(50)51;1-2/h10-13,25,30H,3-9,14-24,26-29H2,1-2H3,(H,38,46)(H,39,52)(H,40,47)(H,48,49)(H,50,51);2H,1H3. The van der Waals surface area contributed by atoms with Gasteiger partial charge in [-0.1, -0.05) is 45.2 Å². The van der Waals surface area contributed by atoms with Crippen molar-refractivity contribution in [3.8, 4) is 0 Å². The smallest absolute Gasteiger partial charge is 0.317 e. The van der Waals surface area contributed by atoms with Crippen molar-refractivity contribution in [1.82, 2.24) is 35.6 Å². The summed E-state index contributed by atoms with van der Waals surface area (Å²) >= 11 is 0. The van der Waals surface area contributed by atoms with Gasteiger partial charge in [-0.2, -0.15) is 0 Å². The summed E-state index contributed by atoms with van der Waals surface area (Å²) < 4.78 is 0. The Hall–Kier alpha value is -3.96. The molecule has 54 heavy (non-hydrogen) atoms. The van der Waals surface area contributed by atoms with Crippen molar-refractivity contribution < 1.29 is 44.1 Å². The number of hydrogen-bond acceptors (Lipinski definition) is 11. The second-order valence-electron chi connectivity index (χ2n) is 13.9. The number of benzene rings is 1. The summed E-state index contributed by atoms with van der Waals surface area (Å²) in [5.74, 6) is -1.59. The number of carbonyl (C=O) groups is 6. The van der Waals surface area contributed by atoms with Crippen LogP contribution in [0.5, 0.6) is 0 Å². The number of carboxylic acid groups (broad SMARTS) is 2. The van der Waals surface area contributed by atoms with E-state index < -0.39 is 11.9 Å². The second-order valence-corrected chi connectivity index (χ2v) is 13.9. The fourth-order valence-corrected chi connectivity index (χ4v) is 5.84. The Labute approximate surface area is 320 Å². The molecule has 16 heteroatoms. The van der Waals surface area contributed by atoms with Crippen LogP contribution in [-0.4, -0.2) is 170 Å². The average Bonchev–Trinajstić information content (AvgIpc) is 3.13. The third-order valence-corrected chi connectivity index (χ3v) is 8.95. The number of aliphatic hydroxyl groups excluding tert-OH is 1. The highest BCUT2D eigenvalue weighted by molar-refractivity contribution is 5.94. The lowest BCUT2D eigenvalue weighted by Gasteiger charge is -2.32. The summed E-state index contributed by atoms with van der Waals surface area (Å²) in [6.07, 6.45) is 7.02. The van der Waals surface area contributed by atoms with E-state index in [4.69, 9.17) is 5.11 Å². The Balaban J connectivity index is 0.00000716. The van der Waals surface area contributed by atoms with Crippen molar-refractivity contribution in [3.63, 3.8) is 0 Å². The van der Waals surface area contributed by atoms with Crippen LogP contribution in [0.15, 0.2) is 24.3 Å². The van der Waals surface area contributed by atoms with E-state index in [-0.39, 0.29) is 50.4 Å². The number of unbranched alkanes of at least 4 members (excludes halogenated alkanes) is 3. The number of hydrogen-bond donors (Lipinski definition) is 6. The van der Waals surface area contributed by atoms with Crippen molar-refractivity contribution in [3.05, 3.63) is 35.4 Å². The lowest BCUT2D eigenvalue weighted by atomic mass is 10.1. The van der Waals surface area contributed by atoms with Gasteiger partial charge >= 0.3 is 11.9 Å². The molecule has 1 aliphatic rings. The van der Waals surface area contributed by atoms with Crippen LogP contribution >= 0.6 is 0 Å². The quantitative estimate of drug-likeness (QED) is 0.0712. The summed E-state index contributed by atoms with van der Waals surface area (Å²) in [4.78, 5) is 79.1. The number of aldehydes is 1. The minimum atomic E-state index is -0.988. The molecule has 0 radical (unpaired) electrons. The fourth-order valence-electron chi connectivity index (χ4n) is 5.84. The van der Waals surface area contributed by atoms with Crippen LogP contribution in [0.4, 0.5) is 0 Å². The van der Waals surface area contributed by atoms with Crippen LogP contribution < -0.4 is 16.0 Å². The van der Waals surface area contributed by atoms with Crippen LogP contribution in [-0.2, 0) is 30.5 Å². The summed E-state index contributed by atoms with van der Waals surface area (Å²) in [5.41, 5.74) is 1.34. The minimum absolute atomic E-state index is 0.0740. The van der Waals surface area contributed by atoms with Gasteiger partial charge in [0.2, 0.25) is 11.8 Å². The largest absolute Gasteiger partial charge is 0.480 e. The number of carboxylic acids is 2. The van der Waals surface area contributed by atoms with Gasteiger partial charge in [-0.25, -0.2) is 0 Å². The lowest BCUT2D eigenvalue weighted by Crippen LogP contribution is -2.49. The topological polar surface area (TPSA) is 212 Å². The van der Waals surface area contributed by atoms with E-state index in [1.54, 1.807) is 34.1 Å². The van der Waals surface area contributed by atoms with Gasteiger partial charge in [0.1, 0.15) is 6.29 Å². The molecule has 0 saturated carbocycles. The zero-order chi connectivity index (χ0) is 40.1. The maximum atomic E-state index is 13.0. The van der Waals surface area contributed by atoms with Gasteiger partial charge in [0.15, 0.2) is 0 Å². The average molecular weight is 764 g/mol. The maximum Gasteiger partial charge on any atom is 0.317 e. The van der Waals surface area contributed by atoms with Gasteiger partial charge in [0, 0.05) is 91.1 Å². The highest BCUT2D eigenvalue weighted by atomic mass is 16.4. The van der Waals surface area contributed by atoms with Crippen LogP contribution in [0.25, 0.3) is 0 Å². The molecule has 0 spiro atoms. The van der Waals surface area contributed by atoms with Crippen LogP contribution in [0.1, 0.15) is 74.7 Å². The first kappa shape index (κ1) is 48.1. The molecule has 306 valence electrons. The van der Waals surface area contributed by atoms with E-state index in [2.05, 4.69) is 29.8 Å². The molecule has 16 nitrogen and oxygen atoms in total. The van der Waals surface area contributed by atoms with Crippen LogP contribution in [0.3, 0.4) is 0 Å². The van der Waals surface area contributed by atoms with E-state index in [1.165, 1.54) is 6.42 Å². The number of rotatable bonds is 22. The predicted molar refractivity (Wildman–Crippen MR) is 206 cm³/mol. The fraction of sp³-hybridized carbons (Fsp3) is 0.684. The number of aliphatic hydroxyl groups is 1. The Morgan fingerprint density at radius 3 is 1.67 bits per heavy atom. The third-order valence-electron chi connectivity index (χ3n) is 8.95. The summed E-state index contributed by atoms with van der Waals surface area (Å²) in [6, 6.07) is 7.02. The van der Waals surface area contributed by atoms with Gasteiger partial charge in [-0.15, -0.1) is 0 Å². The summed E-state index contributed by atoms with van der Waals surface area (Å²) in [6.45, 7) is 9.07. The molecule has 0 aromatic heterocycles. The highest BCUT2D eigenvalue weighted by Crippen LogP contribution is 2.07. The molecule has 0 aliphatic carbocycles. The van der Waals surface area contributed by atoms with Crippen molar-refractivity contribution >= 4 is 35.9 Å². The molecule has 1 aliphatic heterocycles. The van der Waals surface area contributed by atoms with Crippen molar-refractivity contribution in [2.45, 2.75) is 65.3 Å². The lowest BCUT2D eigenvalue weighted by molar-refractivity contribution is -0.140. The SMILES string of the molecule is CC(C)CCCCNC(=O)CCCCCNC(=O)c1ccc(CNC(=O)CN2CCN(CC=O)CCN(CC(=O)O)CCN(CC(=O)O)CC2)cc1.CO. The zero-order valence-corrected chi connectivity index (χ0v) is 32.6. The molecular formula is C38H65N7O9. The molecule has 1 saturated heterocycles. The number of carbonyl (C=O) groups excluding carboxylic acids is 4. The monoisotopic (exact) mass is 763 g/mol. The van der Waals surface area contributed by atoms with Gasteiger partial charge in [0.25, 0.3) is 5.91 Å². The molecule has 1 aromatic carbocycles. The Bertz CT molecular complexity index is 1250. The Morgan fingerprint density at radius 2 is 1.15 bits per heavy atom. The molecule has 0 bridgehead atoms. The first-order valence-electron chi connectivity index (χ1n) is 19.1. The highest BCUT2D eigenvalue weighted by Gasteiger charge is 2.20. The first-order valence-corrected chi connectivity index (χ1v) is 19.1. The van der Waals surface area contributed by atoms with Crippen molar-refractivity contribution in [1.29, 1.82) is 0 Å². The number of nitrogens with one attached hydrogen (secondary N) is 3. The molecule has 6 N–H and O–H groups in total. The summed E-state index contributed by atoms with van der Waals surface area (Å²) in [5, 5.41) is 34.5. The van der Waals surface area contributed by atoms with E-state index in [1.807, 2.05) is 9.80 Å². The van der Waals surface area contributed by atoms with Crippen LogP contribution in [0.2, 0.25) is 0 Å². The molecule has 1 aromatic rings. The third kappa shape index (κ3) is 23.7. The van der Waals surface area contributed by atoms with E-state index in [0.717, 1.165) is 57.6 Å². The first-order chi connectivity index (χ1) is 25.9. The second kappa shape index (κ2) is 29.4. The normalized spacial score (nSPS) is 15.2. The molecule has 1 fully saturated rings. The molecule has 0 atom stereocenters. The van der Waals surface area contributed by atoms with Crippen molar-refractivity contribution in [2.75, 3.05) is 98.7 Å². The van der Waals surface area contributed by atoms with Gasteiger partial charge in [-0.05, 0) is 42.9 Å². The van der Waals surface area contributed by atoms with Crippen molar-refractivity contribution in [2.24, 2.45) is 5.92 Å². The molecule has 2 rings (SSSR count). The molecule has 3 amide bonds. The Morgan fingerprint density at radius 1 is 0.648 bits per heavy atom. The van der Waals surface area contributed by atoms with Crippen LogP contribution in [0, 0.1) is 5.92 Å². The van der Waals surface area contributed by atoms with Gasteiger partial charge in [-0.3, -0.25) is 43.6 Å². The molecule has 1 heterocycles. The Kier molecular flexibility index (Phi) is 26.2. The molecule has 0 unspecified atom stereocenters. The van der Waals surface area contributed by atoms with Gasteiger partial charge < -0.3 is 36.1 Å². The predicted octanol–water partition coefficient (Wildman–Crippen LogP) is 0.734.